The summed E-state index contributed by atoms with van der Waals surface area (Å²) in [5.74, 6) is 0.900. The van der Waals surface area contributed by atoms with Crippen LogP contribution in [0, 0.1) is 0 Å². The van der Waals surface area contributed by atoms with Crippen molar-refractivity contribution in [3.05, 3.63) is 35.4 Å². The summed E-state index contributed by atoms with van der Waals surface area (Å²) in [6, 6.07) is 8.79. The second-order valence-corrected chi connectivity index (χ2v) is 7.32. The van der Waals surface area contributed by atoms with Crippen molar-refractivity contribution in [3.63, 3.8) is 0 Å². The predicted octanol–water partition coefficient (Wildman–Crippen LogP) is 2.79. The van der Waals surface area contributed by atoms with Gasteiger partial charge in [-0.2, -0.15) is 0 Å². The van der Waals surface area contributed by atoms with E-state index in [1.807, 2.05) is 0 Å². The lowest BCUT2D eigenvalue weighted by molar-refractivity contribution is 0.0283. The van der Waals surface area contributed by atoms with Crippen molar-refractivity contribution in [1.29, 1.82) is 0 Å². The quantitative estimate of drug-likeness (QED) is 0.380. The third-order valence-electron chi connectivity index (χ3n) is 5.15. The Morgan fingerprint density at radius 1 is 1.27 bits per heavy atom. The van der Waals surface area contributed by atoms with Gasteiger partial charge >= 0.3 is 0 Å². The minimum Gasteiger partial charge on any atom is -0.373 e. The summed E-state index contributed by atoms with van der Waals surface area (Å²) >= 11 is 0. The average Bonchev–Trinajstić information content (AvgIpc) is 3.06. The molecule has 2 aliphatic rings. The topological polar surface area (TPSA) is 48.9 Å². The van der Waals surface area contributed by atoms with Crippen LogP contribution in [0.15, 0.2) is 29.3 Å². The third kappa shape index (κ3) is 6.09. The van der Waals surface area contributed by atoms with Crippen molar-refractivity contribution in [2.45, 2.75) is 45.3 Å². The average molecular weight is 472 g/mol. The van der Waals surface area contributed by atoms with Crippen LogP contribution in [-0.2, 0) is 17.7 Å². The highest BCUT2D eigenvalue weighted by Gasteiger charge is 2.29. The molecule has 1 aromatic rings. The molecule has 1 unspecified atom stereocenters. The van der Waals surface area contributed by atoms with Gasteiger partial charge in [0.25, 0.3) is 0 Å². The van der Waals surface area contributed by atoms with E-state index in [4.69, 9.17) is 9.73 Å². The number of benzene rings is 1. The SMILES string of the molecule is CCNC(=NCC1(C)CCCO1)NCCN1CCc2ccccc2C1.I. The molecule has 26 heavy (non-hydrogen) atoms. The van der Waals surface area contributed by atoms with Crippen LogP contribution in [0.2, 0.25) is 0 Å². The second kappa shape index (κ2) is 10.5. The van der Waals surface area contributed by atoms with E-state index in [0.717, 1.165) is 71.1 Å². The molecule has 0 saturated carbocycles. The Balaban J connectivity index is 0.00000243. The molecule has 1 aromatic carbocycles. The fourth-order valence-electron chi connectivity index (χ4n) is 3.63. The Bertz CT molecular complexity index is 587. The van der Waals surface area contributed by atoms with Crippen molar-refractivity contribution in [2.24, 2.45) is 4.99 Å². The molecule has 0 radical (unpaired) electrons. The van der Waals surface area contributed by atoms with Gasteiger partial charge in [-0.25, -0.2) is 0 Å². The van der Waals surface area contributed by atoms with Crippen LogP contribution in [0.5, 0.6) is 0 Å². The van der Waals surface area contributed by atoms with Crippen molar-refractivity contribution < 1.29 is 4.74 Å². The standard InChI is InChI=1S/C20H32N4O.HI/c1-3-21-19(23-16-20(2)10-6-14-25-20)22-11-13-24-12-9-17-7-4-5-8-18(17)15-24;/h4-5,7-8H,3,6,9-16H2,1-2H3,(H2,21,22,23);1H. The van der Waals surface area contributed by atoms with E-state index in [1.165, 1.54) is 11.1 Å². The molecule has 0 aromatic heterocycles. The molecular weight excluding hydrogens is 439 g/mol. The number of rotatable bonds is 6. The van der Waals surface area contributed by atoms with Crippen LogP contribution in [-0.4, -0.2) is 55.8 Å². The largest absolute Gasteiger partial charge is 0.373 e. The van der Waals surface area contributed by atoms with E-state index >= 15 is 0 Å². The number of hydrogen-bond acceptors (Lipinski definition) is 3. The van der Waals surface area contributed by atoms with Gasteiger partial charge in [-0.05, 0) is 44.2 Å². The molecule has 146 valence electrons. The first-order chi connectivity index (χ1) is 12.2. The van der Waals surface area contributed by atoms with Crippen LogP contribution < -0.4 is 10.6 Å². The molecule has 1 saturated heterocycles. The number of nitrogens with one attached hydrogen (secondary N) is 2. The molecule has 2 N–H and O–H groups in total. The lowest BCUT2D eigenvalue weighted by atomic mass is 10.00. The van der Waals surface area contributed by atoms with Crippen LogP contribution in [0.1, 0.15) is 37.8 Å². The molecule has 0 bridgehead atoms. The summed E-state index contributed by atoms with van der Waals surface area (Å²) < 4.78 is 5.83. The molecule has 3 rings (SSSR count). The Morgan fingerprint density at radius 3 is 2.81 bits per heavy atom. The number of halogens is 1. The molecule has 0 aliphatic carbocycles. The van der Waals surface area contributed by atoms with Gasteiger partial charge in [0.05, 0.1) is 12.1 Å². The van der Waals surface area contributed by atoms with E-state index in [2.05, 4.69) is 53.6 Å². The van der Waals surface area contributed by atoms with Gasteiger partial charge in [0.2, 0.25) is 0 Å². The Labute approximate surface area is 175 Å². The van der Waals surface area contributed by atoms with E-state index in [0.29, 0.717) is 0 Å². The van der Waals surface area contributed by atoms with Gasteiger partial charge in [-0.15, -0.1) is 24.0 Å². The van der Waals surface area contributed by atoms with Crippen LogP contribution >= 0.6 is 24.0 Å². The normalized spacial score (nSPS) is 23.2. The zero-order valence-corrected chi connectivity index (χ0v) is 18.4. The lowest BCUT2D eigenvalue weighted by Crippen LogP contribution is -2.43. The van der Waals surface area contributed by atoms with Crippen molar-refractivity contribution in [1.82, 2.24) is 15.5 Å². The fraction of sp³-hybridized carbons (Fsp3) is 0.650. The highest BCUT2D eigenvalue weighted by Crippen LogP contribution is 2.25. The maximum atomic E-state index is 5.83. The van der Waals surface area contributed by atoms with Crippen molar-refractivity contribution in [2.75, 3.05) is 39.3 Å². The molecular formula is C20H33IN4O. The zero-order chi connectivity index (χ0) is 17.5. The summed E-state index contributed by atoms with van der Waals surface area (Å²) in [5.41, 5.74) is 2.89. The smallest absolute Gasteiger partial charge is 0.191 e. The minimum atomic E-state index is -0.0844. The highest BCUT2D eigenvalue weighted by molar-refractivity contribution is 14.0. The molecule has 6 heteroatoms. The summed E-state index contributed by atoms with van der Waals surface area (Å²) in [6.45, 7) is 10.9. The summed E-state index contributed by atoms with van der Waals surface area (Å²) in [4.78, 5) is 7.25. The van der Waals surface area contributed by atoms with Gasteiger partial charge in [0.1, 0.15) is 0 Å². The van der Waals surface area contributed by atoms with E-state index in [-0.39, 0.29) is 29.6 Å². The maximum absolute atomic E-state index is 5.83. The Hall–Kier alpha value is -0.860. The second-order valence-electron chi connectivity index (χ2n) is 7.32. The molecule has 2 aliphatic heterocycles. The number of fused-ring (bicyclic) bond motifs is 1. The Morgan fingerprint density at radius 2 is 2.08 bits per heavy atom. The molecule has 5 nitrogen and oxygen atoms in total. The summed E-state index contributed by atoms with van der Waals surface area (Å²) in [6.07, 6.45) is 3.40. The number of ether oxygens (including phenoxy) is 1. The van der Waals surface area contributed by atoms with Gasteiger partial charge in [0, 0.05) is 39.3 Å². The lowest BCUT2D eigenvalue weighted by Gasteiger charge is -2.29. The van der Waals surface area contributed by atoms with Gasteiger partial charge in [-0.1, -0.05) is 24.3 Å². The van der Waals surface area contributed by atoms with Crippen LogP contribution in [0.25, 0.3) is 0 Å². The molecule has 2 heterocycles. The van der Waals surface area contributed by atoms with Crippen molar-refractivity contribution in [3.8, 4) is 0 Å². The van der Waals surface area contributed by atoms with Crippen LogP contribution in [0.3, 0.4) is 0 Å². The van der Waals surface area contributed by atoms with E-state index < -0.39 is 0 Å². The number of hydrogen-bond donors (Lipinski definition) is 2. The maximum Gasteiger partial charge on any atom is 0.191 e. The van der Waals surface area contributed by atoms with Crippen molar-refractivity contribution >= 4 is 29.9 Å². The third-order valence-corrected chi connectivity index (χ3v) is 5.15. The first kappa shape index (κ1) is 21.4. The molecule has 0 spiro atoms. The summed E-state index contributed by atoms with van der Waals surface area (Å²) in [5, 5.41) is 6.82. The number of nitrogens with zero attached hydrogens (tertiary/aromatic N) is 2. The number of aliphatic imine (C=N–C) groups is 1. The number of guanidine groups is 1. The van der Waals surface area contributed by atoms with Gasteiger partial charge < -0.3 is 15.4 Å². The van der Waals surface area contributed by atoms with Crippen LogP contribution in [0.4, 0.5) is 0 Å². The fourth-order valence-corrected chi connectivity index (χ4v) is 3.63. The molecule has 0 amide bonds. The zero-order valence-electron chi connectivity index (χ0n) is 16.1. The predicted molar refractivity (Wildman–Crippen MR) is 118 cm³/mol. The Kier molecular flexibility index (Phi) is 8.63. The van der Waals surface area contributed by atoms with Gasteiger partial charge in [-0.3, -0.25) is 9.89 Å². The first-order valence-electron chi connectivity index (χ1n) is 9.64. The van der Waals surface area contributed by atoms with E-state index in [9.17, 15) is 0 Å². The first-order valence-corrected chi connectivity index (χ1v) is 9.64. The minimum absolute atomic E-state index is 0. The summed E-state index contributed by atoms with van der Waals surface area (Å²) in [7, 11) is 0. The van der Waals surface area contributed by atoms with E-state index in [1.54, 1.807) is 0 Å². The van der Waals surface area contributed by atoms with Gasteiger partial charge in [0.15, 0.2) is 5.96 Å². The molecule has 1 fully saturated rings. The monoisotopic (exact) mass is 472 g/mol. The highest BCUT2D eigenvalue weighted by atomic mass is 127. The molecule has 1 atom stereocenters.